The van der Waals surface area contributed by atoms with E-state index in [-0.39, 0.29) is 11.8 Å². The number of thioether (sulfide) groups is 1. The van der Waals surface area contributed by atoms with Crippen LogP contribution in [-0.4, -0.2) is 54.9 Å². The number of hydrogen-bond donors (Lipinski definition) is 1. The summed E-state index contributed by atoms with van der Waals surface area (Å²) in [6.07, 6.45) is 1.86. The normalized spacial score (nSPS) is 17.1. The van der Waals surface area contributed by atoms with Crippen LogP contribution < -0.4 is 10.1 Å². The Hall–Kier alpha value is -3.55. The summed E-state index contributed by atoms with van der Waals surface area (Å²) in [6, 6.07) is 23.5. The molecule has 1 fully saturated rings. The smallest absolute Gasteiger partial charge is 0.262 e. The SMILES string of the molecule is COc1ccc(/C=C2/Sc3ccc(C(=O)N4CCN(Cc5ccccc5)CC4)cc3NC2=O)cc1. The average molecular weight is 486 g/mol. The Labute approximate surface area is 209 Å². The number of methoxy groups -OCH3 is 1. The molecule has 3 aromatic rings. The van der Waals surface area contributed by atoms with Gasteiger partial charge in [0.05, 0.1) is 17.7 Å². The number of rotatable bonds is 5. The Morgan fingerprint density at radius 2 is 1.74 bits per heavy atom. The molecule has 6 nitrogen and oxygen atoms in total. The number of nitrogens with one attached hydrogen (secondary N) is 1. The molecule has 0 bridgehead atoms. The van der Waals surface area contributed by atoms with E-state index in [9.17, 15) is 9.59 Å². The minimum absolute atomic E-state index is 0.00554. The van der Waals surface area contributed by atoms with Gasteiger partial charge in [-0.05, 0) is 47.5 Å². The molecule has 2 heterocycles. The number of piperazine rings is 1. The van der Waals surface area contributed by atoms with E-state index in [0.29, 0.717) is 29.2 Å². The lowest BCUT2D eigenvalue weighted by Gasteiger charge is -2.35. The molecule has 0 radical (unpaired) electrons. The predicted molar refractivity (Wildman–Crippen MR) is 140 cm³/mol. The van der Waals surface area contributed by atoms with Gasteiger partial charge in [0.25, 0.3) is 11.8 Å². The molecule has 1 N–H and O–H groups in total. The second-order valence-corrected chi connectivity index (χ2v) is 9.69. The summed E-state index contributed by atoms with van der Waals surface area (Å²) in [5.74, 6) is 0.608. The summed E-state index contributed by atoms with van der Waals surface area (Å²) in [7, 11) is 1.62. The molecule has 5 rings (SSSR count). The van der Waals surface area contributed by atoms with Crippen LogP contribution in [0.5, 0.6) is 5.75 Å². The molecular formula is C28H27N3O3S. The quantitative estimate of drug-likeness (QED) is 0.529. The number of benzene rings is 3. The van der Waals surface area contributed by atoms with Crippen LogP contribution in [0.25, 0.3) is 6.08 Å². The van der Waals surface area contributed by atoms with Crippen molar-refractivity contribution in [3.05, 3.63) is 94.4 Å². The van der Waals surface area contributed by atoms with E-state index < -0.39 is 0 Å². The second kappa shape index (κ2) is 10.4. The number of amides is 2. The molecule has 0 spiro atoms. The van der Waals surface area contributed by atoms with Gasteiger partial charge < -0.3 is 15.0 Å². The second-order valence-electron chi connectivity index (χ2n) is 8.60. The van der Waals surface area contributed by atoms with E-state index in [0.717, 1.165) is 35.8 Å². The van der Waals surface area contributed by atoms with Gasteiger partial charge in [-0.3, -0.25) is 14.5 Å². The summed E-state index contributed by atoms with van der Waals surface area (Å²) in [5.41, 5.74) is 3.49. The van der Waals surface area contributed by atoms with Gasteiger partial charge in [0.15, 0.2) is 0 Å². The number of hydrogen-bond acceptors (Lipinski definition) is 5. The Morgan fingerprint density at radius 3 is 2.46 bits per heavy atom. The molecule has 178 valence electrons. The van der Waals surface area contributed by atoms with E-state index in [1.807, 2.05) is 53.4 Å². The molecule has 7 heteroatoms. The topological polar surface area (TPSA) is 61.9 Å². The third-order valence-corrected chi connectivity index (χ3v) is 7.34. The summed E-state index contributed by atoms with van der Waals surface area (Å²) in [4.78, 5) is 31.7. The first-order valence-electron chi connectivity index (χ1n) is 11.6. The Bertz CT molecular complexity index is 1250. The number of carbonyl (C=O) groups excluding carboxylic acids is 2. The third-order valence-electron chi connectivity index (χ3n) is 6.24. The maximum atomic E-state index is 13.2. The predicted octanol–water partition coefficient (Wildman–Crippen LogP) is 4.74. The lowest BCUT2D eigenvalue weighted by atomic mass is 10.1. The van der Waals surface area contributed by atoms with Gasteiger partial charge in [-0.2, -0.15) is 0 Å². The van der Waals surface area contributed by atoms with Crippen LogP contribution in [0.3, 0.4) is 0 Å². The Balaban J connectivity index is 1.23. The van der Waals surface area contributed by atoms with Crippen molar-refractivity contribution >= 4 is 35.3 Å². The molecule has 0 saturated carbocycles. The van der Waals surface area contributed by atoms with E-state index in [4.69, 9.17) is 4.74 Å². The molecular weight excluding hydrogens is 458 g/mol. The van der Waals surface area contributed by atoms with Crippen molar-refractivity contribution in [3.8, 4) is 5.75 Å². The van der Waals surface area contributed by atoms with E-state index in [2.05, 4.69) is 34.5 Å². The van der Waals surface area contributed by atoms with Crippen molar-refractivity contribution in [3.63, 3.8) is 0 Å². The van der Waals surface area contributed by atoms with Crippen LogP contribution in [0.1, 0.15) is 21.5 Å². The zero-order chi connectivity index (χ0) is 24.2. The van der Waals surface area contributed by atoms with Gasteiger partial charge in [0.2, 0.25) is 0 Å². The molecule has 3 aromatic carbocycles. The van der Waals surface area contributed by atoms with Crippen LogP contribution in [0.4, 0.5) is 5.69 Å². The lowest BCUT2D eigenvalue weighted by molar-refractivity contribution is -0.112. The maximum Gasteiger partial charge on any atom is 0.262 e. The first kappa shape index (κ1) is 23.2. The Kier molecular flexibility index (Phi) is 6.88. The van der Waals surface area contributed by atoms with E-state index in [1.165, 1.54) is 17.3 Å². The molecule has 2 aliphatic heterocycles. The van der Waals surface area contributed by atoms with Gasteiger partial charge in [-0.25, -0.2) is 0 Å². The van der Waals surface area contributed by atoms with Crippen LogP contribution in [0.15, 0.2) is 82.6 Å². The highest BCUT2D eigenvalue weighted by Crippen LogP contribution is 2.39. The average Bonchev–Trinajstić information content (AvgIpc) is 2.90. The summed E-state index contributed by atoms with van der Waals surface area (Å²) < 4.78 is 5.19. The van der Waals surface area contributed by atoms with Crippen LogP contribution in [-0.2, 0) is 11.3 Å². The van der Waals surface area contributed by atoms with Crippen molar-refractivity contribution in [2.75, 3.05) is 38.6 Å². The van der Waals surface area contributed by atoms with Crippen LogP contribution in [0, 0.1) is 0 Å². The molecule has 0 aliphatic carbocycles. The molecule has 0 unspecified atom stereocenters. The maximum absolute atomic E-state index is 13.2. The highest BCUT2D eigenvalue weighted by Gasteiger charge is 2.25. The minimum Gasteiger partial charge on any atom is -0.497 e. The molecule has 2 amide bonds. The van der Waals surface area contributed by atoms with Gasteiger partial charge >= 0.3 is 0 Å². The van der Waals surface area contributed by atoms with Gasteiger partial charge in [0, 0.05) is 43.2 Å². The number of ether oxygens (including phenoxy) is 1. The zero-order valence-electron chi connectivity index (χ0n) is 19.6. The van der Waals surface area contributed by atoms with Crippen LogP contribution in [0.2, 0.25) is 0 Å². The largest absolute Gasteiger partial charge is 0.497 e. The molecule has 2 aliphatic rings. The molecule has 0 atom stereocenters. The van der Waals surface area contributed by atoms with Crippen molar-refractivity contribution in [2.24, 2.45) is 0 Å². The van der Waals surface area contributed by atoms with Crippen molar-refractivity contribution in [2.45, 2.75) is 11.4 Å². The zero-order valence-corrected chi connectivity index (χ0v) is 20.4. The van der Waals surface area contributed by atoms with E-state index >= 15 is 0 Å². The first-order chi connectivity index (χ1) is 17.1. The fraction of sp³-hybridized carbons (Fsp3) is 0.214. The molecule has 1 saturated heterocycles. The number of nitrogens with zero attached hydrogens (tertiary/aromatic N) is 2. The third kappa shape index (κ3) is 5.42. The fourth-order valence-corrected chi connectivity index (χ4v) is 5.21. The monoisotopic (exact) mass is 485 g/mol. The number of fused-ring (bicyclic) bond motifs is 1. The summed E-state index contributed by atoms with van der Waals surface area (Å²) in [6.45, 7) is 3.98. The first-order valence-corrected chi connectivity index (χ1v) is 12.5. The highest BCUT2D eigenvalue weighted by atomic mass is 32.2. The van der Waals surface area contributed by atoms with Crippen molar-refractivity contribution in [1.82, 2.24) is 9.80 Å². The van der Waals surface area contributed by atoms with E-state index in [1.54, 1.807) is 13.2 Å². The fourth-order valence-electron chi connectivity index (χ4n) is 4.28. The highest BCUT2D eigenvalue weighted by molar-refractivity contribution is 8.04. The minimum atomic E-state index is -0.169. The van der Waals surface area contributed by atoms with Gasteiger partial charge in [-0.1, -0.05) is 54.2 Å². The van der Waals surface area contributed by atoms with Gasteiger partial charge in [-0.15, -0.1) is 0 Å². The standard InChI is InChI=1S/C28H27N3O3S/c1-34-23-10-7-20(8-11-23)17-26-27(32)29-24-18-22(9-12-25(24)35-26)28(33)31-15-13-30(14-16-31)19-21-5-3-2-4-6-21/h2-12,17-18H,13-16,19H2,1H3,(H,29,32)/b26-17+. The van der Waals surface area contributed by atoms with Gasteiger partial charge in [0.1, 0.15) is 5.75 Å². The number of anilines is 1. The van der Waals surface area contributed by atoms with Crippen molar-refractivity contribution < 1.29 is 14.3 Å². The molecule has 35 heavy (non-hydrogen) atoms. The van der Waals surface area contributed by atoms with Crippen LogP contribution >= 0.6 is 11.8 Å². The molecule has 0 aromatic heterocycles. The number of carbonyl (C=O) groups is 2. The van der Waals surface area contributed by atoms with Crippen molar-refractivity contribution in [1.29, 1.82) is 0 Å². The summed E-state index contributed by atoms with van der Waals surface area (Å²) in [5, 5.41) is 2.95. The summed E-state index contributed by atoms with van der Waals surface area (Å²) >= 11 is 1.41. The lowest BCUT2D eigenvalue weighted by Crippen LogP contribution is -2.48. The Morgan fingerprint density at radius 1 is 1.00 bits per heavy atom.